The molecule has 6 aliphatic rings. The van der Waals surface area contributed by atoms with Gasteiger partial charge in [0.1, 0.15) is 0 Å². The van der Waals surface area contributed by atoms with E-state index in [4.69, 9.17) is 9.47 Å². The van der Waals surface area contributed by atoms with E-state index >= 15 is 0 Å². The van der Waals surface area contributed by atoms with E-state index in [2.05, 4.69) is 15.5 Å². The molecule has 2 amide bonds. The largest absolute Gasteiger partial charge is 0.379 e. The number of carbonyl (C=O) groups excluding carboxylic acids is 1. The Morgan fingerprint density at radius 2 is 1.60 bits per heavy atom. The molecule has 2 N–H and O–H groups in total. The van der Waals surface area contributed by atoms with Crippen molar-refractivity contribution in [3.8, 4) is 0 Å². The first kappa shape index (κ1) is 21.0. The molecule has 6 nitrogen and oxygen atoms in total. The normalized spacial score (nSPS) is 41.0. The van der Waals surface area contributed by atoms with Crippen molar-refractivity contribution in [2.45, 2.75) is 88.3 Å². The second-order valence-electron chi connectivity index (χ2n) is 10.9. The Balaban J connectivity index is 0.975. The highest BCUT2D eigenvalue weighted by atomic mass is 16.5. The first-order valence-electron chi connectivity index (χ1n) is 12.7. The van der Waals surface area contributed by atoms with Crippen molar-refractivity contribution in [3.63, 3.8) is 0 Å². The third-order valence-corrected chi connectivity index (χ3v) is 8.50. The van der Waals surface area contributed by atoms with Crippen molar-refractivity contribution >= 4 is 6.03 Å². The molecule has 4 bridgehead atoms. The van der Waals surface area contributed by atoms with Crippen LogP contribution in [0.3, 0.4) is 0 Å². The standard InChI is InChI=1S/C24H41N3O3/c28-23(26-24-15-18-12-19(16-24)14-20(13-18)17-24)25-21-2-4-22(5-3-21)30-9-1-6-27-7-10-29-11-8-27/h18-22H,1-17H2,(H2,25,26,28)/t18?,19?,20?,21-,22-,24?. The molecule has 5 saturated carbocycles. The molecule has 0 radical (unpaired) electrons. The summed E-state index contributed by atoms with van der Waals surface area (Å²) in [6.07, 6.45) is 13.6. The number of rotatable bonds is 7. The smallest absolute Gasteiger partial charge is 0.315 e. The van der Waals surface area contributed by atoms with Crippen LogP contribution < -0.4 is 10.6 Å². The van der Waals surface area contributed by atoms with Gasteiger partial charge in [-0.2, -0.15) is 0 Å². The zero-order valence-corrected chi connectivity index (χ0v) is 18.6. The number of amides is 2. The Hall–Kier alpha value is -0.850. The van der Waals surface area contributed by atoms with E-state index in [0.717, 1.165) is 89.3 Å². The lowest BCUT2D eigenvalue weighted by Crippen LogP contribution is -2.62. The topological polar surface area (TPSA) is 62.8 Å². The van der Waals surface area contributed by atoms with Crippen LogP contribution in [0.15, 0.2) is 0 Å². The molecule has 1 saturated heterocycles. The minimum Gasteiger partial charge on any atom is -0.379 e. The SMILES string of the molecule is O=C(NC12CC3CC(CC(C3)C1)C2)N[C@H]1CC[C@H](OCCCN2CCOCC2)CC1. The van der Waals surface area contributed by atoms with E-state index in [1.54, 1.807) is 0 Å². The molecule has 0 unspecified atom stereocenters. The fourth-order valence-corrected chi connectivity index (χ4v) is 7.46. The zero-order chi connectivity index (χ0) is 20.4. The average Bonchev–Trinajstić information content (AvgIpc) is 2.72. The summed E-state index contributed by atoms with van der Waals surface area (Å²) in [4.78, 5) is 15.2. The fraction of sp³-hybridized carbons (Fsp3) is 0.958. The van der Waals surface area contributed by atoms with Crippen LogP contribution in [-0.4, -0.2) is 68.1 Å². The van der Waals surface area contributed by atoms with Gasteiger partial charge >= 0.3 is 6.03 Å². The van der Waals surface area contributed by atoms with Crippen LogP contribution in [0.1, 0.15) is 70.6 Å². The molecular weight excluding hydrogens is 378 g/mol. The summed E-state index contributed by atoms with van der Waals surface area (Å²) in [7, 11) is 0. The van der Waals surface area contributed by atoms with Gasteiger partial charge in [-0.3, -0.25) is 4.90 Å². The van der Waals surface area contributed by atoms with Gasteiger partial charge in [-0.25, -0.2) is 4.79 Å². The number of nitrogens with zero attached hydrogens (tertiary/aromatic N) is 1. The maximum absolute atomic E-state index is 12.8. The van der Waals surface area contributed by atoms with Gasteiger partial charge in [0, 0.05) is 37.8 Å². The summed E-state index contributed by atoms with van der Waals surface area (Å²) < 4.78 is 11.5. The Labute approximate surface area is 181 Å². The van der Waals surface area contributed by atoms with Gasteiger partial charge in [0.15, 0.2) is 0 Å². The predicted molar refractivity (Wildman–Crippen MR) is 116 cm³/mol. The molecule has 0 aromatic heterocycles. The minimum absolute atomic E-state index is 0.0897. The molecule has 6 fully saturated rings. The molecular formula is C24H41N3O3. The molecule has 170 valence electrons. The summed E-state index contributed by atoms with van der Waals surface area (Å²) in [6.45, 7) is 5.82. The second kappa shape index (κ2) is 9.33. The first-order chi connectivity index (χ1) is 14.7. The summed E-state index contributed by atoms with van der Waals surface area (Å²) in [6, 6.07) is 0.402. The van der Waals surface area contributed by atoms with Crippen LogP contribution >= 0.6 is 0 Å². The summed E-state index contributed by atoms with van der Waals surface area (Å²) in [5.41, 5.74) is 0.111. The molecule has 30 heavy (non-hydrogen) atoms. The fourth-order valence-electron chi connectivity index (χ4n) is 7.46. The van der Waals surface area contributed by atoms with Crippen LogP contribution in [0.4, 0.5) is 4.79 Å². The first-order valence-corrected chi connectivity index (χ1v) is 12.7. The number of nitrogens with one attached hydrogen (secondary N) is 2. The maximum Gasteiger partial charge on any atom is 0.315 e. The monoisotopic (exact) mass is 419 g/mol. The molecule has 1 aliphatic heterocycles. The van der Waals surface area contributed by atoms with E-state index in [1.807, 2.05) is 0 Å². The lowest BCUT2D eigenvalue weighted by molar-refractivity contribution is -0.0141. The van der Waals surface area contributed by atoms with Gasteiger partial charge in [-0.1, -0.05) is 0 Å². The Kier molecular flexibility index (Phi) is 6.54. The van der Waals surface area contributed by atoms with Crippen molar-refractivity contribution in [1.29, 1.82) is 0 Å². The van der Waals surface area contributed by atoms with E-state index < -0.39 is 0 Å². The highest BCUT2D eigenvalue weighted by molar-refractivity contribution is 5.75. The quantitative estimate of drug-likeness (QED) is 0.622. The van der Waals surface area contributed by atoms with E-state index in [9.17, 15) is 4.79 Å². The average molecular weight is 420 g/mol. The van der Waals surface area contributed by atoms with Crippen molar-refractivity contribution in [2.24, 2.45) is 17.8 Å². The number of hydrogen-bond acceptors (Lipinski definition) is 4. The van der Waals surface area contributed by atoms with Gasteiger partial charge in [-0.15, -0.1) is 0 Å². The summed E-state index contributed by atoms with van der Waals surface area (Å²) >= 11 is 0. The van der Waals surface area contributed by atoms with Crippen LogP contribution in [0, 0.1) is 17.8 Å². The number of morpholine rings is 1. The minimum atomic E-state index is 0.0897. The van der Waals surface area contributed by atoms with Gasteiger partial charge in [0.2, 0.25) is 0 Å². The molecule has 0 aromatic rings. The van der Waals surface area contributed by atoms with Crippen LogP contribution in [0.5, 0.6) is 0 Å². The lowest BCUT2D eigenvalue weighted by Gasteiger charge is -2.56. The predicted octanol–water partition coefficient (Wildman–Crippen LogP) is 3.30. The van der Waals surface area contributed by atoms with Gasteiger partial charge < -0.3 is 20.1 Å². The maximum atomic E-state index is 12.8. The highest BCUT2D eigenvalue weighted by Crippen LogP contribution is 2.55. The lowest BCUT2D eigenvalue weighted by atomic mass is 9.53. The van der Waals surface area contributed by atoms with E-state index in [1.165, 1.54) is 38.5 Å². The highest BCUT2D eigenvalue weighted by Gasteiger charge is 2.51. The Morgan fingerprint density at radius 3 is 2.23 bits per heavy atom. The third kappa shape index (κ3) is 5.13. The van der Waals surface area contributed by atoms with Gasteiger partial charge in [-0.05, 0) is 88.4 Å². The molecule has 0 spiro atoms. The Morgan fingerprint density at radius 1 is 0.967 bits per heavy atom. The van der Waals surface area contributed by atoms with Gasteiger partial charge in [0.25, 0.3) is 0 Å². The van der Waals surface area contributed by atoms with E-state index in [0.29, 0.717) is 12.1 Å². The van der Waals surface area contributed by atoms with Crippen LogP contribution in [0.25, 0.3) is 0 Å². The molecule has 6 rings (SSSR count). The second-order valence-corrected chi connectivity index (χ2v) is 10.9. The Bertz CT molecular complexity index is 549. The molecule has 0 aromatic carbocycles. The van der Waals surface area contributed by atoms with Crippen molar-refractivity contribution in [1.82, 2.24) is 15.5 Å². The molecule has 1 heterocycles. The number of ether oxygens (including phenoxy) is 2. The van der Waals surface area contributed by atoms with E-state index in [-0.39, 0.29) is 11.6 Å². The molecule has 0 atom stereocenters. The zero-order valence-electron chi connectivity index (χ0n) is 18.6. The number of urea groups is 1. The van der Waals surface area contributed by atoms with Crippen molar-refractivity contribution < 1.29 is 14.3 Å². The molecule has 6 heteroatoms. The van der Waals surface area contributed by atoms with Crippen molar-refractivity contribution in [3.05, 3.63) is 0 Å². The number of carbonyl (C=O) groups is 1. The van der Waals surface area contributed by atoms with Crippen LogP contribution in [0.2, 0.25) is 0 Å². The number of hydrogen-bond donors (Lipinski definition) is 2. The third-order valence-electron chi connectivity index (χ3n) is 8.50. The summed E-state index contributed by atoms with van der Waals surface area (Å²) in [5, 5.41) is 6.76. The van der Waals surface area contributed by atoms with Gasteiger partial charge in [0.05, 0.1) is 19.3 Å². The van der Waals surface area contributed by atoms with Crippen LogP contribution in [-0.2, 0) is 9.47 Å². The summed E-state index contributed by atoms with van der Waals surface area (Å²) in [5.74, 6) is 2.60. The van der Waals surface area contributed by atoms with Crippen molar-refractivity contribution in [2.75, 3.05) is 39.5 Å². The molecule has 5 aliphatic carbocycles.